The molecule has 0 aromatic heterocycles. The molecule has 0 aliphatic carbocycles. The molecule has 0 radical (unpaired) electrons. The zero-order chi connectivity index (χ0) is 18.6. The molecule has 1 aromatic rings. The molecule has 1 aromatic carbocycles. The van der Waals surface area contributed by atoms with Crippen LogP contribution in [-0.4, -0.2) is 75.5 Å². The molecule has 2 heterocycles. The molecule has 2 N–H and O–H groups in total. The first-order valence-electron chi connectivity index (χ1n) is 8.75. The van der Waals surface area contributed by atoms with E-state index < -0.39 is 15.9 Å². The second-order valence-electron chi connectivity index (χ2n) is 6.63. The fourth-order valence-corrected chi connectivity index (χ4v) is 4.94. The van der Waals surface area contributed by atoms with Crippen molar-refractivity contribution in [3.63, 3.8) is 0 Å². The first-order valence-corrected chi connectivity index (χ1v) is 10.6. The van der Waals surface area contributed by atoms with Gasteiger partial charge in [-0.3, -0.25) is 4.79 Å². The van der Waals surface area contributed by atoms with Crippen molar-refractivity contribution in [2.24, 2.45) is 0 Å². The standard InChI is InChI=1S/C17H24N4O4S/c22-16(12-18-17(23)19-14-6-11-26(24,25)13-14)21-9-7-20(8-10-21)15-4-2-1-3-5-15/h1-5,14H,6-13H2,(H2,18,19,23)/t14-/m0/s1. The lowest BCUT2D eigenvalue weighted by Gasteiger charge is -2.36. The largest absolute Gasteiger partial charge is 0.368 e. The molecule has 3 rings (SSSR count). The Kier molecular flexibility index (Phi) is 5.65. The number of hydrogen-bond donors (Lipinski definition) is 2. The van der Waals surface area contributed by atoms with E-state index in [9.17, 15) is 18.0 Å². The molecule has 9 heteroatoms. The van der Waals surface area contributed by atoms with E-state index in [2.05, 4.69) is 15.5 Å². The summed E-state index contributed by atoms with van der Waals surface area (Å²) >= 11 is 0. The maximum Gasteiger partial charge on any atom is 0.315 e. The van der Waals surface area contributed by atoms with E-state index in [1.807, 2.05) is 30.3 Å². The van der Waals surface area contributed by atoms with Crippen LogP contribution in [0.4, 0.5) is 10.5 Å². The van der Waals surface area contributed by atoms with E-state index in [0.29, 0.717) is 19.5 Å². The van der Waals surface area contributed by atoms with Gasteiger partial charge in [0.2, 0.25) is 5.91 Å². The highest BCUT2D eigenvalue weighted by Gasteiger charge is 2.29. The lowest BCUT2D eigenvalue weighted by Crippen LogP contribution is -2.52. The predicted molar refractivity (Wildman–Crippen MR) is 98.8 cm³/mol. The number of carbonyl (C=O) groups is 2. The summed E-state index contributed by atoms with van der Waals surface area (Å²) in [4.78, 5) is 28.1. The second-order valence-corrected chi connectivity index (χ2v) is 8.86. The lowest BCUT2D eigenvalue weighted by molar-refractivity contribution is -0.130. The Labute approximate surface area is 153 Å². The summed E-state index contributed by atoms with van der Waals surface area (Å²) in [6.07, 6.45) is 0.422. The quantitative estimate of drug-likeness (QED) is 0.755. The van der Waals surface area contributed by atoms with Gasteiger partial charge in [0.05, 0.1) is 18.1 Å². The fourth-order valence-electron chi connectivity index (χ4n) is 3.27. The minimum atomic E-state index is -3.04. The third-order valence-corrected chi connectivity index (χ3v) is 6.49. The van der Waals surface area contributed by atoms with E-state index in [0.717, 1.165) is 18.8 Å². The minimum absolute atomic E-state index is 0.0319. The van der Waals surface area contributed by atoms with Crippen molar-refractivity contribution in [3.05, 3.63) is 30.3 Å². The molecular weight excluding hydrogens is 356 g/mol. The number of rotatable bonds is 4. The molecule has 2 fully saturated rings. The molecule has 3 amide bonds. The van der Waals surface area contributed by atoms with Crippen LogP contribution in [0.25, 0.3) is 0 Å². The van der Waals surface area contributed by atoms with E-state index in [1.165, 1.54) is 0 Å². The van der Waals surface area contributed by atoms with E-state index in [4.69, 9.17) is 0 Å². The summed E-state index contributed by atoms with van der Waals surface area (Å²) in [6.45, 7) is 2.64. The van der Waals surface area contributed by atoms with Gasteiger partial charge in [0.1, 0.15) is 0 Å². The maximum absolute atomic E-state index is 12.3. The van der Waals surface area contributed by atoms with Crippen molar-refractivity contribution >= 4 is 27.5 Å². The molecule has 0 unspecified atom stereocenters. The average molecular weight is 380 g/mol. The van der Waals surface area contributed by atoms with Crippen molar-refractivity contribution in [2.45, 2.75) is 12.5 Å². The monoisotopic (exact) mass is 380 g/mol. The first-order chi connectivity index (χ1) is 12.4. The third-order valence-electron chi connectivity index (χ3n) is 4.72. The van der Waals surface area contributed by atoms with Gasteiger partial charge >= 0.3 is 6.03 Å². The van der Waals surface area contributed by atoms with Gasteiger partial charge in [0.15, 0.2) is 9.84 Å². The Balaban J connectivity index is 1.38. The van der Waals surface area contributed by atoms with E-state index >= 15 is 0 Å². The lowest BCUT2D eigenvalue weighted by atomic mass is 10.2. The minimum Gasteiger partial charge on any atom is -0.368 e. The van der Waals surface area contributed by atoms with Crippen LogP contribution >= 0.6 is 0 Å². The van der Waals surface area contributed by atoms with Crippen LogP contribution in [0.5, 0.6) is 0 Å². The number of benzene rings is 1. The van der Waals surface area contributed by atoms with Crippen LogP contribution in [0.1, 0.15) is 6.42 Å². The normalized spacial score (nSPS) is 22.1. The number of amides is 3. The number of hydrogen-bond acceptors (Lipinski definition) is 5. The molecule has 2 saturated heterocycles. The van der Waals surface area contributed by atoms with E-state index in [-0.39, 0.29) is 30.0 Å². The van der Waals surface area contributed by atoms with Gasteiger partial charge in [0, 0.05) is 37.9 Å². The second kappa shape index (κ2) is 7.94. The zero-order valence-electron chi connectivity index (χ0n) is 14.6. The molecular formula is C17H24N4O4S. The highest BCUT2D eigenvalue weighted by molar-refractivity contribution is 7.91. The molecule has 2 aliphatic rings. The fraction of sp³-hybridized carbons (Fsp3) is 0.529. The number of sulfone groups is 1. The van der Waals surface area contributed by atoms with Gasteiger partial charge in [0.25, 0.3) is 0 Å². The van der Waals surface area contributed by atoms with Crippen LogP contribution in [0.2, 0.25) is 0 Å². The highest BCUT2D eigenvalue weighted by Crippen LogP contribution is 2.15. The van der Waals surface area contributed by atoms with Crippen LogP contribution in [0, 0.1) is 0 Å². The zero-order valence-corrected chi connectivity index (χ0v) is 15.4. The van der Waals surface area contributed by atoms with Gasteiger partial charge < -0.3 is 20.4 Å². The van der Waals surface area contributed by atoms with Crippen LogP contribution in [0.15, 0.2) is 30.3 Å². The molecule has 26 heavy (non-hydrogen) atoms. The number of urea groups is 1. The van der Waals surface area contributed by atoms with Gasteiger partial charge in [-0.2, -0.15) is 0 Å². The SMILES string of the molecule is O=C(NCC(=O)N1CCN(c2ccccc2)CC1)N[C@H]1CCS(=O)(=O)C1. The number of carbonyl (C=O) groups excluding carboxylic acids is 2. The number of nitrogens with zero attached hydrogens (tertiary/aromatic N) is 2. The number of para-hydroxylation sites is 1. The molecule has 8 nitrogen and oxygen atoms in total. The summed E-state index contributed by atoms with van der Waals surface area (Å²) < 4.78 is 22.8. The molecule has 0 saturated carbocycles. The number of anilines is 1. The Morgan fingerprint density at radius 3 is 2.38 bits per heavy atom. The van der Waals surface area contributed by atoms with Crippen molar-refractivity contribution in [2.75, 3.05) is 49.1 Å². The third kappa shape index (κ3) is 4.87. The van der Waals surface area contributed by atoms with Crippen LogP contribution < -0.4 is 15.5 Å². The van der Waals surface area contributed by atoms with Gasteiger partial charge in [-0.15, -0.1) is 0 Å². The van der Waals surface area contributed by atoms with Crippen molar-refractivity contribution in [3.8, 4) is 0 Å². The van der Waals surface area contributed by atoms with Gasteiger partial charge in [-0.25, -0.2) is 13.2 Å². The Morgan fingerprint density at radius 2 is 1.77 bits per heavy atom. The summed E-state index contributed by atoms with van der Waals surface area (Å²) in [7, 11) is -3.04. The van der Waals surface area contributed by atoms with Crippen molar-refractivity contribution in [1.29, 1.82) is 0 Å². The Hall–Kier alpha value is -2.29. The summed E-state index contributed by atoms with van der Waals surface area (Å²) in [6, 6.07) is 9.18. The van der Waals surface area contributed by atoms with E-state index in [1.54, 1.807) is 4.90 Å². The highest BCUT2D eigenvalue weighted by atomic mass is 32.2. The van der Waals surface area contributed by atoms with Gasteiger partial charge in [-0.1, -0.05) is 18.2 Å². The average Bonchev–Trinajstić information content (AvgIpc) is 2.99. The maximum atomic E-state index is 12.3. The smallest absolute Gasteiger partial charge is 0.315 e. The van der Waals surface area contributed by atoms with Crippen molar-refractivity contribution in [1.82, 2.24) is 15.5 Å². The molecule has 0 bridgehead atoms. The van der Waals surface area contributed by atoms with Crippen LogP contribution in [0.3, 0.4) is 0 Å². The van der Waals surface area contributed by atoms with Crippen LogP contribution in [-0.2, 0) is 14.6 Å². The molecule has 142 valence electrons. The topological polar surface area (TPSA) is 98.8 Å². The van der Waals surface area contributed by atoms with Crippen molar-refractivity contribution < 1.29 is 18.0 Å². The first kappa shape index (κ1) is 18.5. The number of nitrogens with one attached hydrogen (secondary N) is 2. The Bertz CT molecular complexity index is 745. The summed E-state index contributed by atoms with van der Waals surface area (Å²) in [5.74, 6) is -0.0647. The molecule has 1 atom stereocenters. The van der Waals surface area contributed by atoms with Gasteiger partial charge in [-0.05, 0) is 18.6 Å². The summed E-state index contributed by atoms with van der Waals surface area (Å²) in [5.41, 5.74) is 1.14. The number of piperazine rings is 1. The summed E-state index contributed by atoms with van der Waals surface area (Å²) in [5, 5.41) is 5.14. The molecule has 0 spiro atoms. The predicted octanol–water partition coefficient (Wildman–Crippen LogP) is -0.178. The molecule has 2 aliphatic heterocycles. The Morgan fingerprint density at radius 1 is 1.08 bits per heavy atom.